The zero-order chi connectivity index (χ0) is 17.1. The lowest BCUT2D eigenvalue weighted by molar-refractivity contribution is -0.385. The second-order valence-electron chi connectivity index (χ2n) is 5.58. The third kappa shape index (κ3) is 3.24. The fraction of sp³-hybridized carbons (Fsp3) is 0.176. The molecule has 2 aromatic carbocycles. The van der Waals surface area contributed by atoms with Gasteiger partial charge >= 0.3 is 0 Å². The number of para-hydroxylation sites is 1. The predicted octanol–water partition coefficient (Wildman–Crippen LogP) is 2.16. The highest BCUT2D eigenvalue weighted by molar-refractivity contribution is 5.99. The van der Waals surface area contributed by atoms with Crippen LogP contribution in [0.5, 0.6) is 0 Å². The Labute approximate surface area is 137 Å². The van der Waals surface area contributed by atoms with E-state index in [9.17, 15) is 19.7 Å². The summed E-state index contributed by atoms with van der Waals surface area (Å²) in [4.78, 5) is 34.4. The maximum absolute atomic E-state index is 12.1. The molecule has 0 saturated heterocycles. The summed E-state index contributed by atoms with van der Waals surface area (Å²) in [5.41, 5.74) is 5.27. The van der Waals surface area contributed by atoms with E-state index in [0.717, 1.165) is 12.0 Å². The van der Waals surface area contributed by atoms with Crippen molar-refractivity contribution in [2.45, 2.75) is 12.3 Å². The third-order valence-electron chi connectivity index (χ3n) is 4.00. The predicted molar refractivity (Wildman–Crippen MR) is 86.0 cm³/mol. The van der Waals surface area contributed by atoms with Gasteiger partial charge in [-0.05, 0) is 24.0 Å². The first-order valence-electron chi connectivity index (χ1n) is 7.46. The van der Waals surface area contributed by atoms with Crippen molar-refractivity contribution in [2.24, 2.45) is 5.92 Å². The first-order chi connectivity index (χ1) is 11.6. The van der Waals surface area contributed by atoms with Crippen molar-refractivity contribution in [3.8, 4) is 0 Å². The van der Waals surface area contributed by atoms with Crippen LogP contribution in [0.1, 0.15) is 28.3 Å². The molecule has 1 aliphatic rings. The third-order valence-corrected chi connectivity index (χ3v) is 4.00. The lowest BCUT2D eigenvalue weighted by Gasteiger charge is -2.07. The fourth-order valence-corrected chi connectivity index (χ4v) is 2.66. The zero-order valence-electron chi connectivity index (χ0n) is 12.6. The van der Waals surface area contributed by atoms with E-state index in [2.05, 4.69) is 10.9 Å². The van der Waals surface area contributed by atoms with Gasteiger partial charge in [0.2, 0.25) is 5.91 Å². The molecule has 7 nitrogen and oxygen atoms in total. The standard InChI is InChI=1S/C17H15N3O4/c21-16(12-8-4-5-9-15(12)20(23)24)18-19-17(22)14-10-13(14)11-6-2-1-3-7-11/h1-9,13-14H,10H2,(H,18,21)(H,19,22)/t13-,14+/m0/s1. The van der Waals surface area contributed by atoms with Crippen molar-refractivity contribution in [1.29, 1.82) is 0 Å². The molecule has 1 aliphatic carbocycles. The van der Waals surface area contributed by atoms with Gasteiger partial charge in [-0.3, -0.25) is 30.6 Å². The van der Waals surface area contributed by atoms with Crippen LogP contribution in [0.4, 0.5) is 5.69 Å². The molecule has 2 N–H and O–H groups in total. The maximum atomic E-state index is 12.1. The normalized spacial score (nSPS) is 18.5. The summed E-state index contributed by atoms with van der Waals surface area (Å²) in [6, 6.07) is 15.2. The number of nitro groups is 1. The average molecular weight is 325 g/mol. The number of nitrogens with one attached hydrogen (secondary N) is 2. The van der Waals surface area contributed by atoms with Crippen LogP contribution in [0, 0.1) is 16.0 Å². The monoisotopic (exact) mass is 325 g/mol. The van der Waals surface area contributed by atoms with Crippen molar-refractivity contribution in [3.63, 3.8) is 0 Å². The zero-order valence-corrected chi connectivity index (χ0v) is 12.6. The van der Waals surface area contributed by atoms with Gasteiger partial charge in [-0.2, -0.15) is 0 Å². The van der Waals surface area contributed by atoms with E-state index in [0.29, 0.717) is 0 Å². The van der Waals surface area contributed by atoms with Gasteiger partial charge in [0, 0.05) is 12.0 Å². The van der Waals surface area contributed by atoms with E-state index in [1.54, 1.807) is 0 Å². The summed E-state index contributed by atoms with van der Waals surface area (Å²) in [7, 11) is 0. The number of amides is 2. The molecule has 3 rings (SSSR count). The summed E-state index contributed by atoms with van der Waals surface area (Å²) < 4.78 is 0. The Bertz CT molecular complexity index is 791. The lowest BCUT2D eigenvalue weighted by Crippen LogP contribution is -2.42. The summed E-state index contributed by atoms with van der Waals surface area (Å²) in [5.74, 6) is -1.06. The van der Waals surface area contributed by atoms with Crippen LogP contribution in [-0.4, -0.2) is 16.7 Å². The van der Waals surface area contributed by atoms with E-state index in [1.165, 1.54) is 24.3 Å². The Morgan fingerprint density at radius 3 is 2.38 bits per heavy atom. The highest BCUT2D eigenvalue weighted by atomic mass is 16.6. The number of benzene rings is 2. The Morgan fingerprint density at radius 2 is 1.67 bits per heavy atom. The maximum Gasteiger partial charge on any atom is 0.282 e. The molecule has 2 atom stereocenters. The minimum atomic E-state index is -0.715. The summed E-state index contributed by atoms with van der Waals surface area (Å²) in [6.07, 6.45) is 0.719. The van der Waals surface area contributed by atoms with Crippen molar-refractivity contribution in [1.82, 2.24) is 10.9 Å². The summed E-state index contributed by atoms with van der Waals surface area (Å²) in [6.45, 7) is 0. The molecule has 0 bridgehead atoms. The van der Waals surface area contributed by atoms with Crippen LogP contribution in [0.3, 0.4) is 0 Å². The number of hydrazine groups is 1. The number of hydrogen-bond acceptors (Lipinski definition) is 4. The van der Waals surface area contributed by atoms with Gasteiger partial charge in [0.25, 0.3) is 11.6 Å². The average Bonchev–Trinajstić information content (AvgIpc) is 3.41. The van der Waals surface area contributed by atoms with Crippen LogP contribution in [-0.2, 0) is 4.79 Å². The molecule has 0 spiro atoms. The molecule has 1 saturated carbocycles. The highest BCUT2D eigenvalue weighted by Gasteiger charge is 2.44. The van der Waals surface area contributed by atoms with Crippen molar-refractivity contribution >= 4 is 17.5 Å². The van der Waals surface area contributed by atoms with Gasteiger partial charge < -0.3 is 0 Å². The molecule has 2 amide bonds. The number of nitro benzene ring substituents is 1. The molecule has 0 heterocycles. The largest absolute Gasteiger partial charge is 0.282 e. The Balaban J connectivity index is 1.58. The van der Waals surface area contributed by atoms with Crippen molar-refractivity contribution in [3.05, 3.63) is 75.8 Å². The van der Waals surface area contributed by atoms with Gasteiger partial charge in [0.1, 0.15) is 5.56 Å². The molecular weight excluding hydrogens is 310 g/mol. The lowest BCUT2D eigenvalue weighted by atomic mass is 10.1. The number of carbonyl (C=O) groups is 2. The van der Waals surface area contributed by atoms with Gasteiger partial charge in [-0.25, -0.2) is 0 Å². The van der Waals surface area contributed by atoms with Crippen molar-refractivity contribution < 1.29 is 14.5 Å². The molecule has 0 radical (unpaired) electrons. The van der Waals surface area contributed by atoms with Crippen molar-refractivity contribution in [2.75, 3.05) is 0 Å². The van der Waals surface area contributed by atoms with E-state index in [4.69, 9.17) is 0 Å². The summed E-state index contributed by atoms with van der Waals surface area (Å²) >= 11 is 0. The van der Waals surface area contributed by atoms with Crippen LogP contribution in [0.2, 0.25) is 0 Å². The van der Waals surface area contributed by atoms with Gasteiger partial charge in [0.15, 0.2) is 0 Å². The first kappa shape index (κ1) is 15.7. The van der Waals surface area contributed by atoms with Gasteiger partial charge in [-0.15, -0.1) is 0 Å². The second-order valence-corrected chi connectivity index (χ2v) is 5.58. The quantitative estimate of drug-likeness (QED) is 0.664. The second kappa shape index (κ2) is 6.49. The topological polar surface area (TPSA) is 101 Å². The Morgan fingerprint density at radius 1 is 1.00 bits per heavy atom. The molecule has 0 aromatic heterocycles. The van der Waals surface area contributed by atoms with E-state index in [-0.39, 0.29) is 29.0 Å². The smallest absolute Gasteiger partial charge is 0.273 e. The molecular formula is C17H15N3O4. The molecule has 0 aliphatic heterocycles. The molecule has 1 fully saturated rings. The Kier molecular flexibility index (Phi) is 4.24. The number of carbonyl (C=O) groups excluding carboxylic acids is 2. The molecule has 0 unspecified atom stereocenters. The van der Waals surface area contributed by atoms with E-state index >= 15 is 0 Å². The first-order valence-corrected chi connectivity index (χ1v) is 7.46. The number of hydrogen-bond donors (Lipinski definition) is 2. The van der Waals surface area contributed by atoms with Gasteiger partial charge in [0.05, 0.1) is 4.92 Å². The van der Waals surface area contributed by atoms with Crippen LogP contribution in [0.25, 0.3) is 0 Å². The molecule has 24 heavy (non-hydrogen) atoms. The fourth-order valence-electron chi connectivity index (χ4n) is 2.66. The Hall–Kier alpha value is -3.22. The van der Waals surface area contributed by atoms with Crippen LogP contribution in [0.15, 0.2) is 54.6 Å². The molecule has 122 valence electrons. The molecule has 7 heteroatoms. The van der Waals surface area contributed by atoms with E-state index in [1.807, 2.05) is 30.3 Å². The van der Waals surface area contributed by atoms with Gasteiger partial charge in [-0.1, -0.05) is 42.5 Å². The van der Waals surface area contributed by atoms with Crippen LogP contribution >= 0.6 is 0 Å². The van der Waals surface area contributed by atoms with E-state index < -0.39 is 10.8 Å². The number of nitrogens with zero attached hydrogens (tertiary/aromatic N) is 1. The number of rotatable bonds is 4. The molecule has 2 aromatic rings. The summed E-state index contributed by atoms with van der Waals surface area (Å²) in [5, 5.41) is 10.9. The van der Waals surface area contributed by atoms with Crippen LogP contribution < -0.4 is 10.9 Å². The minimum absolute atomic E-state index is 0.0989. The SMILES string of the molecule is O=C(NNC(=O)[C@@H]1C[C@H]1c1ccccc1)c1ccccc1[N+](=O)[O-]. The minimum Gasteiger partial charge on any atom is -0.273 e. The highest BCUT2D eigenvalue weighted by Crippen LogP contribution is 2.47.